The molecule has 17 heavy (non-hydrogen) atoms. The molecule has 0 bridgehead atoms. The van der Waals surface area contributed by atoms with Crippen LogP contribution in [0.25, 0.3) is 0 Å². The zero-order chi connectivity index (χ0) is 12.3. The highest BCUT2D eigenvalue weighted by molar-refractivity contribution is 5.82. The molecule has 1 saturated heterocycles. The fourth-order valence-electron chi connectivity index (χ4n) is 3.07. The quantitative estimate of drug-likeness (QED) is 0.742. The monoisotopic (exact) mass is 240 g/mol. The molecule has 96 valence electrons. The van der Waals surface area contributed by atoms with Crippen LogP contribution in [0.1, 0.15) is 25.7 Å². The smallest absolute Gasteiger partial charge is 0.322 e. The number of amides is 1. The fourth-order valence-corrected chi connectivity index (χ4v) is 3.07. The maximum Gasteiger partial charge on any atom is 0.322 e. The van der Waals surface area contributed by atoms with Crippen LogP contribution in [0.15, 0.2) is 0 Å². The summed E-state index contributed by atoms with van der Waals surface area (Å²) in [7, 11) is 0. The Morgan fingerprint density at radius 2 is 1.76 bits per heavy atom. The molecule has 0 aromatic heterocycles. The molecule has 1 saturated carbocycles. The summed E-state index contributed by atoms with van der Waals surface area (Å²) in [6.07, 6.45) is 5.22. The number of carbonyl (C=O) groups excluding carboxylic acids is 1. The summed E-state index contributed by atoms with van der Waals surface area (Å²) in [5.41, 5.74) is 0. The fraction of sp³-hybridized carbons (Fsp3) is 0.833. The predicted molar refractivity (Wildman–Crippen MR) is 62.5 cm³/mol. The molecule has 5 heteroatoms. The van der Waals surface area contributed by atoms with Crippen LogP contribution in [0.2, 0.25) is 0 Å². The Kier molecular flexibility index (Phi) is 3.99. The Morgan fingerprint density at radius 3 is 2.29 bits per heavy atom. The zero-order valence-corrected chi connectivity index (χ0v) is 10.0. The first-order valence-corrected chi connectivity index (χ1v) is 6.36. The van der Waals surface area contributed by atoms with Crippen LogP contribution in [-0.4, -0.2) is 48.1 Å². The second kappa shape index (κ2) is 5.49. The van der Waals surface area contributed by atoms with E-state index >= 15 is 0 Å². The van der Waals surface area contributed by atoms with Crippen LogP contribution in [-0.2, 0) is 9.59 Å². The molecule has 2 aliphatic rings. The minimum Gasteiger partial charge on any atom is -0.480 e. The maximum atomic E-state index is 11.5. The Labute approximate surface area is 101 Å². The van der Waals surface area contributed by atoms with E-state index in [-0.39, 0.29) is 12.5 Å². The van der Waals surface area contributed by atoms with Crippen LogP contribution in [0, 0.1) is 11.8 Å². The van der Waals surface area contributed by atoms with Crippen molar-refractivity contribution in [3.8, 4) is 0 Å². The number of hydrogen-bond acceptors (Lipinski definition) is 3. The highest BCUT2D eigenvalue weighted by Gasteiger charge is 2.34. The van der Waals surface area contributed by atoms with E-state index in [4.69, 9.17) is 5.11 Å². The molecular formula is C12H20N2O3. The van der Waals surface area contributed by atoms with E-state index in [9.17, 15) is 9.59 Å². The number of carboxylic acid groups (broad SMARTS) is 1. The van der Waals surface area contributed by atoms with E-state index in [0.29, 0.717) is 6.54 Å². The van der Waals surface area contributed by atoms with Gasteiger partial charge in [-0.2, -0.15) is 0 Å². The molecule has 1 aliphatic heterocycles. The Morgan fingerprint density at radius 1 is 1.18 bits per heavy atom. The highest BCUT2D eigenvalue weighted by Crippen LogP contribution is 2.35. The number of fused-ring (bicyclic) bond motifs is 1. The topological polar surface area (TPSA) is 69.6 Å². The first-order chi connectivity index (χ1) is 8.15. The average Bonchev–Trinajstić information content (AvgIpc) is 2.68. The van der Waals surface area contributed by atoms with Crippen molar-refractivity contribution in [3.05, 3.63) is 0 Å². The minimum atomic E-state index is -0.992. The van der Waals surface area contributed by atoms with Gasteiger partial charge in [0.15, 0.2) is 0 Å². The lowest BCUT2D eigenvalue weighted by atomic mass is 9.82. The number of carbonyl (C=O) groups is 2. The molecule has 1 aliphatic carbocycles. The van der Waals surface area contributed by atoms with E-state index in [1.54, 1.807) is 0 Å². The lowest BCUT2D eigenvalue weighted by Gasteiger charge is -2.23. The summed E-state index contributed by atoms with van der Waals surface area (Å²) in [5, 5.41) is 10.9. The van der Waals surface area contributed by atoms with Crippen molar-refractivity contribution >= 4 is 11.9 Å². The number of nitrogens with zero attached hydrogens (tertiary/aromatic N) is 1. The molecule has 2 fully saturated rings. The van der Waals surface area contributed by atoms with Crippen LogP contribution < -0.4 is 5.32 Å². The number of nitrogens with one attached hydrogen (secondary N) is 1. The molecule has 0 aromatic carbocycles. The van der Waals surface area contributed by atoms with Crippen LogP contribution >= 0.6 is 0 Å². The second-order valence-electron chi connectivity index (χ2n) is 5.17. The summed E-state index contributed by atoms with van der Waals surface area (Å²) in [6, 6.07) is 0. The third kappa shape index (κ3) is 3.43. The SMILES string of the molecule is O=C(O)CNC(=O)CN1CC2CCCCC2C1. The summed E-state index contributed by atoms with van der Waals surface area (Å²) in [4.78, 5) is 24.0. The van der Waals surface area contributed by atoms with Crippen molar-refractivity contribution in [2.75, 3.05) is 26.2 Å². The van der Waals surface area contributed by atoms with Crippen molar-refractivity contribution in [2.45, 2.75) is 25.7 Å². The first kappa shape index (κ1) is 12.4. The number of carboxylic acids is 1. The average molecular weight is 240 g/mol. The zero-order valence-electron chi connectivity index (χ0n) is 10.0. The van der Waals surface area contributed by atoms with Gasteiger partial charge in [0.05, 0.1) is 6.54 Å². The van der Waals surface area contributed by atoms with Gasteiger partial charge >= 0.3 is 5.97 Å². The van der Waals surface area contributed by atoms with Gasteiger partial charge in [-0.05, 0) is 24.7 Å². The number of hydrogen-bond donors (Lipinski definition) is 2. The van der Waals surface area contributed by atoms with Crippen molar-refractivity contribution < 1.29 is 14.7 Å². The summed E-state index contributed by atoms with van der Waals surface area (Å²) >= 11 is 0. The van der Waals surface area contributed by atoms with Gasteiger partial charge in [0, 0.05) is 13.1 Å². The molecular weight excluding hydrogens is 220 g/mol. The van der Waals surface area contributed by atoms with Crippen molar-refractivity contribution in [3.63, 3.8) is 0 Å². The van der Waals surface area contributed by atoms with Gasteiger partial charge in [-0.1, -0.05) is 12.8 Å². The first-order valence-electron chi connectivity index (χ1n) is 6.36. The lowest BCUT2D eigenvalue weighted by Crippen LogP contribution is -2.38. The summed E-state index contributed by atoms with van der Waals surface area (Å²) < 4.78 is 0. The number of rotatable bonds is 4. The van der Waals surface area contributed by atoms with E-state index in [1.165, 1.54) is 25.7 Å². The predicted octanol–water partition coefficient (Wildman–Crippen LogP) is 0.309. The van der Waals surface area contributed by atoms with E-state index < -0.39 is 5.97 Å². The molecule has 2 atom stereocenters. The summed E-state index contributed by atoms with van der Waals surface area (Å²) in [6.45, 7) is 2.08. The minimum absolute atomic E-state index is 0.175. The van der Waals surface area contributed by atoms with Gasteiger partial charge in [-0.25, -0.2) is 0 Å². The Balaban J connectivity index is 1.73. The van der Waals surface area contributed by atoms with Crippen molar-refractivity contribution in [2.24, 2.45) is 11.8 Å². The molecule has 1 amide bonds. The molecule has 2 rings (SSSR count). The van der Waals surface area contributed by atoms with E-state index in [2.05, 4.69) is 10.2 Å². The van der Waals surface area contributed by atoms with Crippen LogP contribution in [0.4, 0.5) is 0 Å². The molecule has 0 aromatic rings. The molecule has 0 spiro atoms. The number of likely N-dealkylation sites (tertiary alicyclic amines) is 1. The summed E-state index contributed by atoms with van der Waals surface area (Å²) in [5.74, 6) is 0.353. The molecule has 2 unspecified atom stereocenters. The van der Waals surface area contributed by atoms with Crippen LogP contribution in [0.3, 0.4) is 0 Å². The van der Waals surface area contributed by atoms with Crippen molar-refractivity contribution in [1.29, 1.82) is 0 Å². The molecule has 1 heterocycles. The van der Waals surface area contributed by atoms with E-state index in [1.807, 2.05) is 0 Å². The van der Waals surface area contributed by atoms with Gasteiger partial charge in [0.2, 0.25) is 5.91 Å². The van der Waals surface area contributed by atoms with Gasteiger partial charge < -0.3 is 10.4 Å². The van der Waals surface area contributed by atoms with Gasteiger partial charge in [-0.15, -0.1) is 0 Å². The van der Waals surface area contributed by atoms with Crippen LogP contribution in [0.5, 0.6) is 0 Å². The van der Waals surface area contributed by atoms with E-state index in [0.717, 1.165) is 24.9 Å². The normalized spacial score (nSPS) is 28.7. The number of aliphatic carboxylic acids is 1. The lowest BCUT2D eigenvalue weighted by molar-refractivity contribution is -0.138. The van der Waals surface area contributed by atoms with Gasteiger partial charge in [0.25, 0.3) is 0 Å². The third-order valence-electron chi connectivity index (χ3n) is 3.86. The Hall–Kier alpha value is -1.10. The molecule has 0 radical (unpaired) electrons. The van der Waals surface area contributed by atoms with Crippen molar-refractivity contribution in [1.82, 2.24) is 10.2 Å². The third-order valence-corrected chi connectivity index (χ3v) is 3.86. The standard InChI is InChI=1S/C12H20N2O3/c15-11(13-5-12(16)17)8-14-6-9-3-1-2-4-10(9)7-14/h9-10H,1-8H2,(H,13,15)(H,16,17). The maximum absolute atomic E-state index is 11.5. The molecule has 2 N–H and O–H groups in total. The van der Waals surface area contributed by atoms with Gasteiger partial charge in [0.1, 0.15) is 6.54 Å². The second-order valence-corrected chi connectivity index (χ2v) is 5.17. The Bertz CT molecular complexity index is 292. The molecule has 5 nitrogen and oxygen atoms in total. The largest absolute Gasteiger partial charge is 0.480 e. The van der Waals surface area contributed by atoms with Gasteiger partial charge in [-0.3, -0.25) is 14.5 Å². The highest BCUT2D eigenvalue weighted by atomic mass is 16.4.